The average Bonchev–Trinajstić information content (AvgIpc) is 2.33. The van der Waals surface area contributed by atoms with Gasteiger partial charge in [-0.05, 0) is 25.2 Å². The van der Waals surface area contributed by atoms with E-state index in [0.29, 0.717) is 5.92 Å². The summed E-state index contributed by atoms with van der Waals surface area (Å²) >= 11 is 0. The number of aliphatic hydroxyl groups excluding tert-OH is 1. The molecular weight excluding hydrogens is 124 g/mol. The van der Waals surface area contributed by atoms with Crippen LogP contribution in [0.25, 0.3) is 0 Å². The molecule has 60 valence electrons. The summed E-state index contributed by atoms with van der Waals surface area (Å²) in [5.74, 6) is 1.41. The van der Waals surface area contributed by atoms with E-state index in [9.17, 15) is 5.11 Å². The van der Waals surface area contributed by atoms with Gasteiger partial charge in [0.1, 0.15) is 0 Å². The number of aliphatic hydroxyl groups is 1. The van der Waals surface area contributed by atoms with Gasteiger partial charge in [0.15, 0.2) is 0 Å². The molecule has 1 saturated carbocycles. The quantitative estimate of drug-likeness (QED) is 0.626. The Hall–Kier alpha value is -0.0400. The zero-order valence-electron chi connectivity index (χ0n) is 7.01. The van der Waals surface area contributed by atoms with E-state index in [-0.39, 0.29) is 6.10 Å². The largest absolute Gasteiger partial charge is 0.393 e. The maximum absolute atomic E-state index is 9.35. The topological polar surface area (TPSA) is 20.2 Å². The SMILES string of the molecule is CCC1CCCC1C(C)O. The third-order valence-corrected chi connectivity index (χ3v) is 2.86. The van der Waals surface area contributed by atoms with Gasteiger partial charge in [-0.2, -0.15) is 0 Å². The van der Waals surface area contributed by atoms with Crippen molar-refractivity contribution in [3.05, 3.63) is 0 Å². The minimum Gasteiger partial charge on any atom is -0.393 e. The Morgan fingerprint density at radius 3 is 2.60 bits per heavy atom. The minimum atomic E-state index is -0.0764. The molecule has 1 heteroatoms. The molecule has 0 heterocycles. The zero-order chi connectivity index (χ0) is 7.56. The standard InChI is InChI=1S/C9H18O/c1-3-8-5-4-6-9(8)7(2)10/h7-10H,3-6H2,1-2H3. The van der Waals surface area contributed by atoms with Gasteiger partial charge >= 0.3 is 0 Å². The van der Waals surface area contributed by atoms with Crippen molar-refractivity contribution in [1.29, 1.82) is 0 Å². The van der Waals surface area contributed by atoms with Crippen LogP contribution in [0.1, 0.15) is 39.5 Å². The highest BCUT2D eigenvalue weighted by Crippen LogP contribution is 2.35. The van der Waals surface area contributed by atoms with E-state index in [1.807, 2.05) is 6.92 Å². The summed E-state index contributed by atoms with van der Waals surface area (Å²) in [6, 6.07) is 0. The van der Waals surface area contributed by atoms with Crippen molar-refractivity contribution in [3.63, 3.8) is 0 Å². The molecule has 10 heavy (non-hydrogen) atoms. The molecule has 3 unspecified atom stereocenters. The van der Waals surface area contributed by atoms with Crippen LogP contribution in [0.3, 0.4) is 0 Å². The van der Waals surface area contributed by atoms with Crippen LogP contribution in [0.4, 0.5) is 0 Å². The summed E-state index contributed by atoms with van der Waals surface area (Å²) < 4.78 is 0. The molecule has 1 aliphatic rings. The molecule has 1 N–H and O–H groups in total. The summed E-state index contributed by atoms with van der Waals surface area (Å²) in [5, 5.41) is 9.35. The van der Waals surface area contributed by atoms with Gasteiger partial charge in [-0.3, -0.25) is 0 Å². The minimum absolute atomic E-state index is 0.0764. The normalized spacial score (nSPS) is 36.3. The second kappa shape index (κ2) is 3.38. The maximum Gasteiger partial charge on any atom is 0.0542 e. The van der Waals surface area contributed by atoms with Crippen molar-refractivity contribution in [2.45, 2.75) is 45.6 Å². The van der Waals surface area contributed by atoms with Gasteiger partial charge in [-0.1, -0.05) is 26.2 Å². The highest BCUT2D eigenvalue weighted by atomic mass is 16.3. The van der Waals surface area contributed by atoms with Gasteiger partial charge in [0.25, 0.3) is 0 Å². The smallest absolute Gasteiger partial charge is 0.0542 e. The van der Waals surface area contributed by atoms with Crippen LogP contribution in [0.15, 0.2) is 0 Å². The summed E-state index contributed by atoms with van der Waals surface area (Å²) in [7, 11) is 0. The Morgan fingerprint density at radius 2 is 2.20 bits per heavy atom. The van der Waals surface area contributed by atoms with Crippen LogP contribution in [0, 0.1) is 11.8 Å². The van der Waals surface area contributed by atoms with E-state index in [1.54, 1.807) is 0 Å². The molecule has 0 aromatic carbocycles. The molecule has 0 saturated heterocycles. The summed E-state index contributed by atoms with van der Waals surface area (Å²) in [6.07, 6.45) is 5.08. The monoisotopic (exact) mass is 142 g/mol. The van der Waals surface area contributed by atoms with Crippen LogP contribution < -0.4 is 0 Å². The molecule has 3 atom stereocenters. The Labute approximate surface area is 63.4 Å². The molecule has 1 fully saturated rings. The van der Waals surface area contributed by atoms with E-state index in [4.69, 9.17) is 0 Å². The molecule has 1 aliphatic carbocycles. The molecule has 0 spiro atoms. The predicted molar refractivity (Wildman–Crippen MR) is 42.8 cm³/mol. The van der Waals surface area contributed by atoms with Crippen molar-refractivity contribution in [3.8, 4) is 0 Å². The first-order valence-corrected chi connectivity index (χ1v) is 4.43. The molecular formula is C9H18O. The first kappa shape index (κ1) is 8.06. The van der Waals surface area contributed by atoms with Crippen LogP contribution in [0.5, 0.6) is 0 Å². The molecule has 0 radical (unpaired) electrons. The molecule has 1 nitrogen and oxygen atoms in total. The maximum atomic E-state index is 9.35. The lowest BCUT2D eigenvalue weighted by molar-refractivity contribution is 0.101. The van der Waals surface area contributed by atoms with Gasteiger partial charge in [0.2, 0.25) is 0 Å². The molecule has 0 aromatic heterocycles. The molecule has 0 aliphatic heterocycles. The zero-order valence-corrected chi connectivity index (χ0v) is 7.01. The van der Waals surface area contributed by atoms with Gasteiger partial charge in [-0.15, -0.1) is 0 Å². The van der Waals surface area contributed by atoms with E-state index < -0.39 is 0 Å². The van der Waals surface area contributed by atoms with Crippen LogP contribution in [-0.4, -0.2) is 11.2 Å². The Morgan fingerprint density at radius 1 is 1.50 bits per heavy atom. The fourth-order valence-electron chi connectivity index (χ4n) is 2.21. The molecule has 0 bridgehead atoms. The molecule has 0 amide bonds. The highest BCUT2D eigenvalue weighted by Gasteiger charge is 2.28. The van der Waals surface area contributed by atoms with Crippen molar-refractivity contribution >= 4 is 0 Å². The van der Waals surface area contributed by atoms with Crippen LogP contribution >= 0.6 is 0 Å². The van der Waals surface area contributed by atoms with Gasteiger partial charge < -0.3 is 5.11 Å². The predicted octanol–water partition coefficient (Wildman–Crippen LogP) is 2.19. The van der Waals surface area contributed by atoms with E-state index in [1.165, 1.54) is 25.7 Å². The van der Waals surface area contributed by atoms with Gasteiger partial charge in [-0.25, -0.2) is 0 Å². The van der Waals surface area contributed by atoms with Crippen molar-refractivity contribution < 1.29 is 5.11 Å². The van der Waals surface area contributed by atoms with E-state index in [0.717, 1.165) is 5.92 Å². The lowest BCUT2D eigenvalue weighted by Gasteiger charge is -2.20. The number of hydrogen-bond acceptors (Lipinski definition) is 1. The lowest BCUT2D eigenvalue weighted by atomic mass is 9.90. The second-order valence-electron chi connectivity index (χ2n) is 3.50. The Balaban J connectivity index is 2.42. The summed E-state index contributed by atoms with van der Waals surface area (Å²) in [6.45, 7) is 4.16. The Bertz CT molecular complexity index is 98.9. The first-order valence-electron chi connectivity index (χ1n) is 4.43. The average molecular weight is 142 g/mol. The number of hydrogen-bond donors (Lipinski definition) is 1. The first-order chi connectivity index (χ1) is 4.75. The van der Waals surface area contributed by atoms with Crippen LogP contribution in [0.2, 0.25) is 0 Å². The number of rotatable bonds is 2. The fraction of sp³-hybridized carbons (Fsp3) is 1.00. The highest BCUT2D eigenvalue weighted by molar-refractivity contribution is 4.79. The fourth-order valence-corrected chi connectivity index (χ4v) is 2.21. The lowest BCUT2D eigenvalue weighted by Crippen LogP contribution is -2.20. The van der Waals surface area contributed by atoms with E-state index >= 15 is 0 Å². The van der Waals surface area contributed by atoms with Crippen molar-refractivity contribution in [1.82, 2.24) is 0 Å². The molecule has 1 rings (SSSR count). The third-order valence-electron chi connectivity index (χ3n) is 2.86. The molecule has 0 aromatic rings. The van der Waals surface area contributed by atoms with E-state index in [2.05, 4.69) is 6.92 Å². The van der Waals surface area contributed by atoms with Gasteiger partial charge in [0.05, 0.1) is 6.10 Å². The van der Waals surface area contributed by atoms with Crippen molar-refractivity contribution in [2.24, 2.45) is 11.8 Å². The summed E-state index contributed by atoms with van der Waals surface area (Å²) in [4.78, 5) is 0. The second-order valence-corrected chi connectivity index (χ2v) is 3.50. The van der Waals surface area contributed by atoms with Crippen molar-refractivity contribution in [2.75, 3.05) is 0 Å². The third kappa shape index (κ3) is 1.51. The Kier molecular flexibility index (Phi) is 2.72. The summed E-state index contributed by atoms with van der Waals surface area (Å²) in [5.41, 5.74) is 0. The van der Waals surface area contributed by atoms with Crippen LogP contribution in [-0.2, 0) is 0 Å². The van der Waals surface area contributed by atoms with Gasteiger partial charge in [0, 0.05) is 0 Å².